The fraction of sp³-hybridized carbons (Fsp3) is 0.318. The van der Waals surface area contributed by atoms with Gasteiger partial charge in [-0.05, 0) is 43.2 Å². The van der Waals surface area contributed by atoms with E-state index in [-0.39, 0.29) is 41.9 Å². The number of benzene rings is 1. The zero-order valence-electron chi connectivity index (χ0n) is 16.7. The molecule has 1 unspecified atom stereocenters. The number of hydrogen-bond acceptors (Lipinski definition) is 5. The molecule has 31 heavy (non-hydrogen) atoms. The van der Waals surface area contributed by atoms with E-state index in [1.165, 1.54) is 11.0 Å². The average molecular weight is 444 g/mol. The largest absolute Gasteiger partial charge is 0.344 e. The SMILES string of the molecule is C[C@H](NC(=O)c1ccc2c(c1)CN(C1CCC(=O)CC1=O)C2=O)c1ncc(F)cc1Cl. The number of fused-ring (bicyclic) bond motifs is 1. The maximum atomic E-state index is 13.2. The van der Waals surface area contributed by atoms with Crippen LogP contribution in [0.1, 0.15) is 64.2 Å². The Hall–Kier alpha value is -3.13. The number of hydrogen-bond donors (Lipinski definition) is 1. The van der Waals surface area contributed by atoms with Crippen molar-refractivity contribution in [2.45, 2.75) is 44.8 Å². The Morgan fingerprint density at radius 3 is 2.77 bits per heavy atom. The third-order valence-electron chi connectivity index (χ3n) is 5.61. The van der Waals surface area contributed by atoms with Gasteiger partial charge in [-0.1, -0.05) is 11.6 Å². The van der Waals surface area contributed by atoms with Crippen molar-refractivity contribution in [3.05, 3.63) is 63.7 Å². The first kappa shape index (κ1) is 21.1. The highest BCUT2D eigenvalue weighted by Crippen LogP contribution is 2.30. The first-order valence-corrected chi connectivity index (χ1v) is 10.2. The molecule has 1 aliphatic carbocycles. The highest BCUT2D eigenvalue weighted by Gasteiger charge is 2.39. The number of halogens is 2. The molecule has 0 radical (unpaired) electrons. The Kier molecular flexibility index (Phi) is 5.58. The number of aromatic nitrogens is 1. The summed E-state index contributed by atoms with van der Waals surface area (Å²) in [6.07, 6.45) is 1.49. The van der Waals surface area contributed by atoms with Gasteiger partial charge in [0, 0.05) is 24.1 Å². The van der Waals surface area contributed by atoms with Gasteiger partial charge in [-0.15, -0.1) is 0 Å². The van der Waals surface area contributed by atoms with Crippen molar-refractivity contribution in [2.24, 2.45) is 0 Å². The molecule has 1 aromatic heterocycles. The van der Waals surface area contributed by atoms with Crippen LogP contribution in [-0.2, 0) is 16.1 Å². The van der Waals surface area contributed by atoms with Crippen LogP contribution in [-0.4, -0.2) is 39.3 Å². The maximum Gasteiger partial charge on any atom is 0.255 e. The van der Waals surface area contributed by atoms with Gasteiger partial charge in [-0.3, -0.25) is 24.2 Å². The van der Waals surface area contributed by atoms with Gasteiger partial charge in [0.15, 0.2) is 5.78 Å². The summed E-state index contributed by atoms with van der Waals surface area (Å²) in [5.74, 6) is -1.59. The Morgan fingerprint density at radius 2 is 2.06 bits per heavy atom. The highest BCUT2D eigenvalue weighted by atomic mass is 35.5. The third kappa shape index (κ3) is 4.07. The lowest BCUT2D eigenvalue weighted by molar-refractivity contribution is -0.133. The van der Waals surface area contributed by atoms with Crippen molar-refractivity contribution >= 4 is 35.0 Å². The minimum atomic E-state index is -0.610. The van der Waals surface area contributed by atoms with Crippen LogP contribution in [0.2, 0.25) is 5.02 Å². The summed E-state index contributed by atoms with van der Waals surface area (Å²) in [5.41, 5.74) is 1.76. The van der Waals surface area contributed by atoms with Gasteiger partial charge in [-0.25, -0.2) is 4.39 Å². The fourth-order valence-corrected chi connectivity index (χ4v) is 4.33. The van der Waals surface area contributed by atoms with Crippen molar-refractivity contribution in [3.8, 4) is 0 Å². The number of ketones is 2. The number of rotatable bonds is 4. The molecule has 0 spiro atoms. The lowest BCUT2D eigenvalue weighted by Crippen LogP contribution is -2.44. The van der Waals surface area contributed by atoms with Gasteiger partial charge in [0.1, 0.15) is 11.6 Å². The predicted molar refractivity (Wildman–Crippen MR) is 109 cm³/mol. The second-order valence-electron chi connectivity index (χ2n) is 7.76. The maximum absolute atomic E-state index is 13.2. The fourth-order valence-electron chi connectivity index (χ4n) is 4.02. The number of carbonyl (C=O) groups excluding carboxylic acids is 4. The predicted octanol–water partition coefficient (Wildman–Crippen LogP) is 3.01. The number of carbonyl (C=O) groups is 4. The lowest BCUT2D eigenvalue weighted by atomic mass is 9.92. The van der Waals surface area contributed by atoms with Crippen molar-refractivity contribution < 1.29 is 23.6 Å². The standard InChI is InChI=1S/C22H19ClFN3O4/c1-11(20-17(23)7-14(24)9-25-20)26-21(30)12-2-4-16-13(6-12)10-27(22(16)31)18-5-3-15(28)8-19(18)29/h2,4,6-7,9,11,18H,3,5,8,10H2,1H3,(H,26,30)/t11-,18?/m0/s1. The van der Waals surface area contributed by atoms with Gasteiger partial charge in [0.05, 0.1) is 35.4 Å². The lowest BCUT2D eigenvalue weighted by Gasteiger charge is -2.29. The van der Waals surface area contributed by atoms with Crippen LogP contribution >= 0.6 is 11.6 Å². The van der Waals surface area contributed by atoms with Crippen molar-refractivity contribution in [3.63, 3.8) is 0 Å². The first-order valence-electron chi connectivity index (χ1n) is 9.84. The average Bonchev–Trinajstić information content (AvgIpc) is 3.03. The molecule has 1 N–H and O–H groups in total. The molecular formula is C22H19ClFN3O4. The summed E-state index contributed by atoms with van der Waals surface area (Å²) in [4.78, 5) is 54.6. The summed E-state index contributed by atoms with van der Waals surface area (Å²) in [6.45, 7) is 1.89. The molecule has 4 rings (SSSR count). The summed E-state index contributed by atoms with van der Waals surface area (Å²) in [5, 5.41) is 2.87. The summed E-state index contributed by atoms with van der Waals surface area (Å²) in [7, 11) is 0. The normalized spacial score (nSPS) is 19.4. The van der Waals surface area contributed by atoms with E-state index in [2.05, 4.69) is 10.3 Å². The zero-order valence-corrected chi connectivity index (χ0v) is 17.4. The van der Waals surface area contributed by atoms with Crippen LogP contribution in [0.15, 0.2) is 30.5 Å². The van der Waals surface area contributed by atoms with Crippen molar-refractivity contribution in [2.75, 3.05) is 0 Å². The van der Waals surface area contributed by atoms with Crippen molar-refractivity contribution in [1.29, 1.82) is 0 Å². The minimum absolute atomic E-state index is 0.103. The molecule has 2 aromatic rings. The second kappa shape index (κ2) is 8.19. The Balaban J connectivity index is 1.49. The monoisotopic (exact) mass is 443 g/mol. The molecule has 7 nitrogen and oxygen atoms in total. The van der Waals surface area contributed by atoms with E-state index >= 15 is 0 Å². The highest BCUT2D eigenvalue weighted by molar-refractivity contribution is 6.31. The Labute approximate surface area is 182 Å². The summed E-state index contributed by atoms with van der Waals surface area (Å²) >= 11 is 6.01. The van der Waals surface area contributed by atoms with Crippen LogP contribution in [0.25, 0.3) is 0 Å². The first-order chi connectivity index (χ1) is 14.7. The molecule has 1 aromatic carbocycles. The number of pyridine rings is 1. The van der Waals surface area contributed by atoms with Gasteiger partial charge >= 0.3 is 0 Å². The molecule has 1 fully saturated rings. The Morgan fingerprint density at radius 1 is 1.29 bits per heavy atom. The smallest absolute Gasteiger partial charge is 0.255 e. The summed E-state index contributed by atoms with van der Waals surface area (Å²) < 4.78 is 13.2. The van der Waals surface area contributed by atoms with Crippen LogP contribution < -0.4 is 5.32 Å². The van der Waals surface area contributed by atoms with Crippen molar-refractivity contribution in [1.82, 2.24) is 15.2 Å². The molecule has 0 bridgehead atoms. The quantitative estimate of drug-likeness (QED) is 0.733. The molecule has 2 heterocycles. The van der Waals surface area contributed by atoms with E-state index in [9.17, 15) is 23.6 Å². The molecule has 2 atom stereocenters. The molecule has 2 amide bonds. The molecule has 1 aliphatic heterocycles. The Bertz CT molecular complexity index is 1120. The summed E-state index contributed by atoms with van der Waals surface area (Å²) in [6, 6.07) is 4.67. The topological polar surface area (TPSA) is 96.4 Å². The van der Waals surface area contributed by atoms with Crippen LogP contribution in [0.5, 0.6) is 0 Å². The zero-order chi connectivity index (χ0) is 22.3. The van der Waals surface area contributed by atoms with Gasteiger partial charge < -0.3 is 10.2 Å². The van der Waals surface area contributed by atoms with E-state index < -0.39 is 23.8 Å². The number of Topliss-reactive ketones (excluding diaryl/α,β-unsaturated/α-hetero) is 2. The van der Waals surface area contributed by atoms with Gasteiger partial charge in [0.25, 0.3) is 11.8 Å². The second-order valence-corrected chi connectivity index (χ2v) is 8.16. The number of amides is 2. The number of nitrogens with one attached hydrogen (secondary N) is 1. The van der Waals surface area contributed by atoms with E-state index in [1.807, 2.05) is 0 Å². The van der Waals surface area contributed by atoms with E-state index in [4.69, 9.17) is 11.6 Å². The number of nitrogens with zero attached hydrogens (tertiary/aromatic N) is 2. The van der Waals surface area contributed by atoms with Crippen LogP contribution in [0.4, 0.5) is 4.39 Å². The van der Waals surface area contributed by atoms with E-state index in [0.717, 1.165) is 12.3 Å². The van der Waals surface area contributed by atoms with Crippen LogP contribution in [0.3, 0.4) is 0 Å². The van der Waals surface area contributed by atoms with E-state index in [0.29, 0.717) is 28.8 Å². The molecule has 1 saturated carbocycles. The molecule has 160 valence electrons. The van der Waals surface area contributed by atoms with Gasteiger partial charge in [0.2, 0.25) is 0 Å². The molecule has 2 aliphatic rings. The minimum Gasteiger partial charge on any atom is -0.344 e. The molecular weight excluding hydrogens is 425 g/mol. The van der Waals surface area contributed by atoms with E-state index in [1.54, 1.807) is 19.1 Å². The molecule has 9 heteroatoms. The molecule has 0 saturated heterocycles. The van der Waals surface area contributed by atoms with Crippen LogP contribution in [0, 0.1) is 5.82 Å². The third-order valence-corrected chi connectivity index (χ3v) is 5.91. The van der Waals surface area contributed by atoms with Gasteiger partial charge in [-0.2, -0.15) is 0 Å².